The molecule has 0 radical (unpaired) electrons. The molecule has 2 rings (SSSR count). The Labute approximate surface area is 113 Å². The van der Waals surface area contributed by atoms with Crippen molar-refractivity contribution in [3.8, 4) is 0 Å². The van der Waals surface area contributed by atoms with E-state index in [1.807, 2.05) is 4.90 Å². The van der Waals surface area contributed by atoms with Crippen molar-refractivity contribution >= 4 is 27.3 Å². The molecule has 0 N–H and O–H groups in total. The highest BCUT2D eigenvalue weighted by atomic mass is 35.5. The van der Waals surface area contributed by atoms with E-state index in [9.17, 15) is 8.42 Å². The summed E-state index contributed by atoms with van der Waals surface area (Å²) >= 11 is 5.82. The van der Waals surface area contributed by atoms with E-state index in [0.717, 1.165) is 12.8 Å². The second-order valence-corrected chi connectivity index (χ2v) is 6.93. The molecular weight excluding hydrogens is 272 g/mol. The minimum atomic E-state index is -3.26. The minimum absolute atomic E-state index is 0.294. The molecule has 0 unspecified atom stereocenters. The molecule has 0 aromatic carbocycles. The van der Waals surface area contributed by atoms with Gasteiger partial charge in [-0.1, -0.05) is 0 Å². The average molecular weight is 289 g/mol. The van der Waals surface area contributed by atoms with Gasteiger partial charge in [0.15, 0.2) is 9.84 Å². The Balaban J connectivity index is 2.40. The zero-order chi connectivity index (χ0) is 13.2. The lowest BCUT2D eigenvalue weighted by molar-refractivity contribution is 0.387. The fraction of sp³-hybridized carbons (Fsp3) is 0.583. The largest absolute Gasteiger partial charge is 0.351 e. The standard InChI is InChI=1S/C12H17ClN2O2S/c1-18(16,17)11-6-3-8-14-12(11)15(9-7-13)10-4-2-5-10/h3,6,8,10H,2,4-5,7,9H2,1H3. The fourth-order valence-corrected chi connectivity index (χ4v) is 3.15. The van der Waals surface area contributed by atoms with Crippen LogP contribution in [0.2, 0.25) is 0 Å². The first-order valence-electron chi connectivity index (χ1n) is 6.01. The van der Waals surface area contributed by atoms with Crippen LogP contribution in [0.1, 0.15) is 19.3 Å². The Hall–Kier alpha value is -0.810. The number of hydrogen-bond acceptors (Lipinski definition) is 4. The van der Waals surface area contributed by atoms with E-state index in [1.54, 1.807) is 18.3 Å². The number of anilines is 1. The lowest BCUT2D eigenvalue weighted by atomic mass is 9.91. The van der Waals surface area contributed by atoms with Crippen LogP contribution in [0.25, 0.3) is 0 Å². The summed E-state index contributed by atoms with van der Waals surface area (Å²) in [6, 6.07) is 3.64. The van der Waals surface area contributed by atoms with Gasteiger partial charge in [0.2, 0.25) is 0 Å². The number of halogens is 1. The molecule has 18 heavy (non-hydrogen) atoms. The molecule has 0 bridgehead atoms. The van der Waals surface area contributed by atoms with Gasteiger partial charge in [0.25, 0.3) is 0 Å². The molecule has 0 aliphatic heterocycles. The molecule has 6 heteroatoms. The number of rotatable bonds is 5. The third-order valence-electron chi connectivity index (χ3n) is 3.26. The van der Waals surface area contributed by atoms with E-state index >= 15 is 0 Å². The third-order valence-corrected chi connectivity index (χ3v) is 4.55. The van der Waals surface area contributed by atoms with E-state index in [0.29, 0.717) is 29.2 Å². The van der Waals surface area contributed by atoms with Gasteiger partial charge >= 0.3 is 0 Å². The molecule has 1 aromatic heterocycles. The van der Waals surface area contributed by atoms with Gasteiger partial charge in [0.05, 0.1) is 0 Å². The summed E-state index contributed by atoms with van der Waals surface area (Å²) in [5, 5.41) is 0. The van der Waals surface area contributed by atoms with Crippen molar-refractivity contribution in [2.24, 2.45) is 0 Å². The zero-order valence-electron chi connectivity index (χ0n) is 10.3. The summed E-state index contributed by atoms with van der Waals surface area (Å²) in [4.78, 5) is 6.58. The number of hydrogen-bond donors (Lipinski definition) is 0. The molecule has 1 fully saturated rings. The van der Waals surface area contributed by atoms with Gasteiger partial charge in [-0.05, 0) is 31.4 Å². The second-order valence-electron chi connectivity index (χ2n) is 4.56. The number of nitrogens with zero attached hydrogens (tertiary/aromatic N) is 2. The van der Waals surface area contributed by atoms with E-state index in [-0.39, 0.29) is 0 Å². The van der Waals surface area contributed by atoms with Crippen molar-refractivity contribution in [1.29, 1.82) is 0 Å². The van der Waals surface area contributed by atoms with Crippen LogP contribution in [0.5, 0.6) is 0 Å². The summed E-state index contributed by atoms with van der Waals surface area (Å²) in [5.74, 6) is 1.02. The van der Waals surface area contributed by atoms with E-state index < -0.39 is 9.84 Å². The SMILES string of the molecule is CS(=O)(=O)c1cccnc1N(CCCl)C1CCC1. The molecule has 1 saturated carbocycles. The molecular formula is C12H17ClN2O2S. The maximum absolute atomic E-state index is 11.8. The molecule has 4 nitrogen and oxygen atoms in total. The minimum Gasteiger partial charge on any atom is -0.351 e. The topological polar surface area (TPSA) is 50.3 Å². The summed E-state index contributed by atoms with van der Waals surface area (Å²) in [5.41, 5.74) is 0. The highest BCUT2D eigenvalue weighted by Crippen LogP contribution is 2.31. The van der Waals surface area contributed by atoms with Gasteiger partial charge in [-0.25, -0.2) is 13.4 Å². The van der Waals surface area contributed by atoms with E-state index in [4.69, 9.17) is 11.6 Å². The molecule has 100 valence electrons. The first kappa shape index (κ1) is 13.6. The predicted molar refractivity (Wildman–Crippen MR) is 73.1 cm³/mol. The van der Waals surface area contributed by atoms with Crippen molar-refractivity contribution in [2.45, 2.75) is 30.2 Å². The first-order chi connectivity index (χ1) is 8.54. The summed E-state index contributed by atoms with van der Waals surface area (Å²) < 4.78 is 23.6. The molecule has 1 aliphatic carbocycles. The van der Waals surface area contributed by atoms with Crippen LogP contribution in [0.4, 0.5) is 5.82 Å². The number of alkyl halides is 1. The van der Waals surface area contributed by atoms with Crippen molar-refractivity contribution < 1.29 is 8.42 Å². The van der Waals surface area contributed by atoms with Gasteiger partial charge < -0.3 is 4.90 Å². The second kappa shape index (κ2) is 5.45. The average Bonchev–Trinajstić information content (AvgIpc) is 2.25. The van der Waals surface area contributed by atoms with Crippen LogP contribution in [-0.4, -0.2) is 38.1 Å². The van der Waals surface area contributed by atoms with Crippen LogP contribution in [0.15, 0.2) is 23.2 Å². The maximum atomic E-state index is 11.8. The number of aromatic nitrogens is 1. The Morgan fingerprint density at radius 3 is 2.72 bits per heavy atom. The molecule has 1 heterocycles. The Morgan fingerprint density at radius 2 is 2.22 bits per heavy atom. The van der Waals surface area contributed by atoms with Crippen molar-refractivity contribution in [2.75, 3.05) is 23.6 Å². The fourth-order valence-electron chi connectivity index (χ4n) is 2.14. The highest BCUT2D eigenvalue weighted by molar-refractivity contribution is 7.90. The van der Waals surface area contributed by atoms with Crippen molar-refractivity contribution in [3.63, 3.8) is 0 Å². The summed E-state index contributed by atoms with van der Waals surface area (Å²) in [6.07, 6.45) is 6.19. The summed E-state index contributed by atoms with van der Waals surface area (Å²) in [7, 11) is -3.26. The molecule has 1 aliphatic rings. The predicted octanol–water partition coefficient (Wildman–Crippen LogP) is 2.08. The first-order valence-corrected chi connectivity index (χ1v) is 8.44. The van der Waals surface area contributed by atoms with E-state index in [2.05, 4.69) is 4.98 Å². The Morgan fingerprint density at radius 1 is 1.50 bits per heavy atom. The zero-order valence-corrected chi connectivity index (χ0v) is 11.9. The van der Waals surface area contributed by atoms with Crippen molar-refractivity contribution in [1.82, 2.24) is 4.98 Å². The highest BCUT2D eigenvalue weighted by Gasteiger charge is 2.28. The van der Waals surface area contributed by atoms with Crippen LogP contribution in [0.3, 0.4) is 0 Å². The number of pyridine rings is 1. The summed E-state index contributed by atoms with van der Waals surface area (Å²) in [6.45, 7) is 0.631. The lowest BCUT2D eigenvalue weighted by Gasteiger charge is -2.38. The van der Waals surface area contributed by atoms with Gasteiger partial charge in [0.1, 0.15) is 10.7 Å². The maximum Gasteiger partial charge on any atom is 0.179 e. The smallest absolute Gasteiger partial charge is 0.179 e. The lowest BCUT2D eigenvalue weighted by Crippen LogP contribution is -2.42. The molecule has 1 aromatic rings. The molecule has 0 atom stereocenters. The van der Waals surface area contributed by atoms with Crippen LogP contribution < -0.4 is 4.90 Å². The van der Waals surface area contributed by atoms with Gasteiger partial charge in [-0.15, -0.1) is 11.6 Å². The van der Waals surface area contributed by atoms with Crippen LogP contribution in [-0.2, 0) is 9.84 Å². The van der Waals surface area contributed by atoms with E-state index in [1.165, 1.54) is 12.7 Å². The van der Waals surface area contributed by atoms with Gasteiger partial charge in [-0.2, -0.15) is 0 Å². The van der Waals surface area contributed by atoms with Gasteiger partial charge in [0, 0.05) is 30.9 Å². The molecule has 0 saturated heterocycles. The Bertz CT molecular complexity index is 515. The molecule has 0 amide bonds. The van der Waals surface area contributed by atoms with Crippen molar-refractivity contribution in [3.05, 3.63) is 18.3 Å². The Kier molecular flexibility index (Phi) is 4.12. The monoisotopic (exact) mass is 288 g/mol. The quantitative estimate of drug-likeness (QED) is 0.779. The van der Waals surface area contributed by atoms with Gasteiger partial charge in [-0.3, -0.25) is 0 Å². The normalized spacial score (nSPS) is 16.3. The molecule has 0 spiro atoms. The van der Waals surface area contributed by atoms with Crippen LogP contribution >= 0.6 is 11.6 Å². The number of sulfone groups is 1. The third kappa shape index (κ3) is 2.78. The van der Waals surface area contributed by atoms with Crippen LogP contribution in [0, 0.1) is 0 Å².